The van der Waals surface area contributed by atoms with Crippen LogP contribution in [0, 0.1) is 0 Å². The van der Waals surface area contributed by atoms with Gasteiger partial charge in [0.15, 0.2) is 29.2 Å². The monoisotopic (exact) mass is 750 g/mol. The van der Waals surface area contributed by atoms with Crippen molar-refractivity contribution in [2.45, 2.75) is 63.3 Å². The third kappa shape index (κ3) is 6.62. The van der Waals surface area contributed by atoms with Crippen LogP contribution in [-0.4, -0.2) is 84.6 Å². The maximum atomic E-state index is 14.2. The average Bonchev–Trinajstić information content (AvgIpc) is 3.25. The topological polar surface area (TPSA) is 113 Å². The van der Waals surface area contributed by atoms with Gasteiger partial charge in [-0.05, 0) is 61.4 Å². The molecular weight excluding hydrogens is 705 g/mol. The Bertz CT molecular complexity index is 2090. The van der Waals surface area contributed by atoms with E-state index in [0.717, 1.165) is 23.1 Å². The molecule has 3 aliphatic rings. The molecule has 0 saturated heterocycles. The van der Waals surface area contributed by atoms with E-state index in [2.05, 4.69) is 30.8 Å². The minimum absolute atomic E-state index is 0.0141. The van der Waals surface area contributed by atoms with E-state index in [9.17, 15) is 14.7 Å². The maximum Gasteiger partial charge on any atom is 0.257 e. The van der Waals surface area contributed by atoms with Gasteiger partial charge in [0.1, 0.15) is 4.87 Å². The zero-order valence-corrected chi connectivity index (χ0v) is 32.0. The van der Waals surface area contributed by atoms with Gasteiger partial charge in [-0.3, -0.25) is 14.6 Å². The molecule has 0 aromatic heterocycles. The van der Waals surface area contributed by atoms with Gasteiger partial charge in [0.2, 0.25) is 0 Å². The van der Waals surface area contributed by atoms with Crippen molar-refractivity contribution in [1.29, 1.82) is 0 Å². The van der Waals surface area contributed by atoms with E-state index in [4.69, 9.17) is 31.6 Å². The number of fused-ring (bicyclic) bond motifs is 4. The summed E-state index contributed by atoms with van der Waals surface area (Å²) in [5.74, 6) is 1.28. The summed E-state index contributed by atoms with van der Waals surface area (Å²) in [4.78, 5) is 36.4. The Labute approximate surface area is 321 Å². The van der Waals surface area contributed by atoms with Crippen LogP contribution in [0.5, 0.6) is 23.0 Å². The number of thiol groups is 1. The largest absolute Gasteiger partial charge is 0.493 e. The van der Waals surface area contributed by atoms with Crippen molar-refractivity contribution in [3.63, 3.8) is 0 Å². The number of amides is 2. The van der Waals surface area contributed by atoms with Crippen molar-refractivity contribution in [1.82, 2.24) is 9.80 Å². The average molecular weight is 751 g/mol. The Balaban J connectivity index is 1.05. The highest BCUT2D eigenvalue weighted by molar-refractivity contribution is 7.81. The van der Waals surface area contributed by atoms with Gasteiger partial charge in [0, 0.05) is 50.7 Å². The summed E-state index contributed by atoms with van der Waals surface area (Å²) in [6.07, 6.45) is 0.560. The molecule has 2 amide bonds. The number of benzene rings is 4. The molecule has 12 heteroatoms. The fourth-order valence-electron chi connectivity index (χ4n) is 7.80. The summed E-state index contributed by atoms with van der Waals surface area (Å²) in [5, 5.41) is 11.8. The Hall–Kier alpha value is -5.20. The van der Waals surface area contributed by atoms with Crippen LogP contribution in [0.15, 0.2) is 77.8 Å². The Kier molecular flexibility index (Phi) is 10.5. The van der Waals surface area contributed by atoms with Gasteiger partial charge in [-0.2, -0.15) is 0 Å². The molecule has 1 N–H and O–H groups in total. The first kappa shape index (κ1) is 37.1. The number of aliphatic hydroxyl groups excluding tert-OH is 1. The summed E-state index contributed by atoms with van der Waals surface area (Å²) >= 11 is 5.01. The zero-order valence-electron chi connectivity index (χ0n) is 31.1. The summed E-state index contributed by atoms with van der Waals surface area (Å²) in [6, 6.07) is 22.9. The fourth-order valence-corrected chi connectivity index (χ4v) is 8.27. The van der Waals surface area contributed by atoms with Crippen molar-refractivity contribution in [3.05, 3.63) is 106 Å². The van der Waals surface area contributed by atoms with Gasteiger partial charge in [-0.15, -0.1) is 12.6 Å². The third-order valence-electron chi connectivity index (χ3n) is 10.7. The zero-order chi connectivity index (χ0) is 38.1. The molecule has 4 aromatic rings. The van der Waals surface area contributed by atoms with Crippen molar-refractivity contribution < 1.29 is 33.6 Å². The van der Waals surface area contributed by atoms with Crippen molar-refractivity contribution in [2.24, 2.45) is 4.99 Å². The lowest BCUT2D eigenvalue weighted by Crippen LogP contribution is -2.61. The summed E-state index contributed by atoms with van der Waals surface area (Å²) in [6.45, 7) is 9.50. The predicted molar refractivity (Wildman–Crippen MR) is 211 cm³/mol. The number of methoxy groups -OCH3 is 2. The van der Waals surface area contributed by atoms with E-state index in [-0.39, 0.29) is 31.1 Å². The molecular formula is C42H46N4O7S. The van der Waals surface area contributed by atoms with Crippen LogP contribution in [0.3, 0.4) is 0 Å². The van der Waals surface area contributed by atoms with Crippen LogP contribution in [0.2, 0.25) is 0 Å². The smallest absolute Gasteiger partial charge is 0.257 e. The summed E-state index contributed by atoms with van der Waals surface area (Å²) < 4.78 is 23.7. The van der Waals surface area contributed by atoms with E-state index in [0.29, 0.717) is 78.0 Å². The molecule has 282 valence electrons. The number of rotatable bonds is 11. The maximum absolute atomic E-state index is 14.2. The molecule has 0 aliphatic carbocycles. The summed E-state index contributed by atoms with van der Waals surface area (Å²) in [5.41, 5.74) is 6.23. The number of aliphatic imine (C=N–C) groups is 1. The lowest BCUT2D eigenvalue weighted by molar-refractivity contribution is 0.0178. The van der Waals surface area contributed by atoms with Crippen LogP contribution in [0.25, 0.3) is 0 Å². The van der Waals surface area contributed by atoms with Crippen LogP contribution < -0.4 is 23.8 Å². The molecule has 0 bridgehead atoms. The van der Waals surface area contributed by atoms with Crippen molar-refractivity contribution in [2.75, 3.05) is 38.9 Å². The molecule has 0 saturated carbocycles. The van der Waals surface area contributed by atoms with Gasteiger partial charge < -0.3 is 38.8 Å². The predicted octanol–water partition coefficient (Wildman–Crippen LogP) is 6.45. The normalized spacial score (nSPS) is 20.2. The molecule has 3 unspecified atom stereocenters. The first-order chi connectivity index (χ1) is 26.1. The van der Waals surface area contributed by atoms with Crippen molar-refractivity contribution >= 4 is 42.5 Å². The SMILES string of the molecule is C=Nc1cc(OCCCOc2cc3c(cc2OC)C(=O)N2Cc4ccccc4CC2(S)C(O)N3CC)c(OC)cc1C(=O)N1Cc2ccccc2CC1C. The highest BCUT2D eigenvalue weighted by atomic mass is 32.1. The third-order valence-corrected chi connectivity index (χ3v) is 11.4. The number of nitrogens with zero attached hydrogens (tertiary/aromatic N) is 4. The highest BCUT2D eigenvalue weighted by Crippen LogP contribution is 2.46. The second-order valence-electron chi connectivity index (χ2n) is 13.9. The second-order valence-corrected chi connectivity index (χ2v) is 14.7. The molecule has 0 radical (unpaired) electrons. The Morgan fingerprint density at radius 1 is 0.907 bits per heavy atom. The molecule has 0 fully saturated rings. The van der Waals surface area contributed by atoms with Crippen LogP contribution in [0.4, 0.5) is 11.4 Å². The number of carbonyl (C=O) groups is 2. The fraction of sp³-hybridized carbons (Fsp3) is 0.357. The lowest BCUT2D eigenvalue weighted by atomic mass is 9.92. The number of hydrogen-bond donors (Lipinski definition) is 2. The molecule has 0 spiro atoms. The van der Waals surface area contributed by atoms with Gasteiger partial charge in [0.25, 0.3) is 11.8 Å². The minimum atomic E-state index is -1.15. The molecule has 4 aromatic carbocycles. The summed E-state index contributed by atoms with van der Waals surface area (Å²) in [7, 11) is 3.06. The van der Waals surface area contributed by atoms with Crippen LogP contribution in [0.1, 0.15) is 63.2 Å². The Morgan fingerprint density at radius 2 is 1.52 bits per heavy atom. The highest BCUT2D eigenvalue weighted by Gasteiger charge is 2.51. The number of anilines is 1. The molecule has 3 aliphatic heterocycles. The van der Waals surface area contributed by atoms with Gasteiger partial charge in [-0.25, -0.2) is 0 Å². The van der Waals surface area contributed by atoms with Crippen molar-refractivity contribution in [3.8, 4) is 23.0 Å². The van der Waals surface area contributed by atoms with Crippen LogP contribution in [-0.2, 0) is 25.9 Å². The molecule has 11 nitrogen and oxygen atoms in total. The van der Waals surface area contributed by atoms with Gasteiger partial charge in [0.05, 0.1) is 49.9 Å². The number of likely N-dealkylation sites (N-methyl/N-ethyl adjacent to an activating group) is 1. The first-order valence-corrected chi connectivity index (χ1v) is 18.7. The quantitative estimate of drug-likeness (QED) is 0.102. The van der Waals surface area contributed by atoms with E-state index in [1.807, 2.05) is 48.2 Å². The number of ether oxygens (including phenoxy) is 4. The number of hydrogen-bond acceptors (Lipinski definition) is 10. The molecule has 3 heterocycles. The standard InChI is InChI=1S/C42H46N4O7S/c1-6-44-34-22-38(36(51-5)20-32(34)40(48)46-25-30-15-10-8-13-28(30)23-42(46,54)41(44)49)53-17-11-16-52-37-21-33(43-3)31(19-35(37)50-4)39(47)45-24-29-14-9-7-12-27(29)18-26(45)2/h7-10,12-15,19-22,26,41,49,54H,3,6,11,16-18,23-25H2,1-2,4-5H3. The van der Waals surface area contributed by atoms with E-state index >= 15 is 0 Å². The Morgan fingerprint density at radius 3 is 2.17 bits per heavy atom. The molecule has 54 heavy (non-hydrogen) atoms. The molecule has 7 rings (SSSR count). The van der Waals surface area contributed by atoms with E-state index < -0.39 is 11.1 Å². The lowest BCUT2D eigenvalue weighted by Gasteiger charge is -2.47. The second kappa shape index (κ2) is 15.3. The first-order valence-electron chi connectivity index (χ1n) is 18.2. The molecule has 3 atom stereocenters. The van der Waals surface area contributed by atoms with Crippen LogP contribution >= 0.6 is 12.6 Å². The number of carbonyl (C=O) groups excluding carboxylic acids is 2. The van der Waals surface area contributed by atoms with E-state index in [1.165, 1.54) is 19.8 Å². The van der Waals surface area contributed by atoms with Gasteiger partial charge in [-0.1, -0.05) is 48.5 Å². The minimum Gasteiger partial charge on any atom is -0.493 e. The van der Waals surface area contributed by atoms with Gasteiger partial charge >= 0.3 is 0 Å². The van der Waals surface area contributed by atoms with E-state index in [1.54, 1.807) is 34.1 Å². The number of aliphatic hydroxyl groups is 1.